The lowest BCUT2D eigenvalue weighted by atomic mass is 10.0. The Hall–Kier alpha value is -2.94. The molecule has 4 rings (SSSR count). The summed E-state index contributed by atoms with van der Waals surface area (Å²) in [6.45, 7) is 2.05. The maximum atomic E-state index is 12.7. The average molecular weight is 314 g/mol. The molecule has 0 spiro atoms. The Morgan fingerprint density at radius 3 is 2.54 bits per heavy atom. The molecule has 0 unspecified atom stereocenters. The van der Waals surface area contributed by atoms with E-state index >= 15 is 0 Å². The molecule has 0 fully saturated rings. The third-order valence-electron chi connectivity index (χ3n) is 4.54. The van der Waals surface area contributed by atoms with E-state index in [4.69, 9.17) is 0 Å². The minimum absolute atomic E-state index is 0.0523. The van der Waals surface area contributed by atoms with Crippen LogP contribution in [-0.4, -0.2) is 15.3 Å². The van der Waals surface area contributed by atoms with E-state index < -0.39 is 0 Å². The van der Waals surface area contributed by atoms with Gasteiger partial charge in [-0.2, -0.15) is 0 Å². The molecule has 118 valence electrons. The monoisotopic (exact) mass is 314 g/mol. The summed E-state index contributed by atoms with van der Waals surface area (Å²) < 4.78 is 2.07. The molecule has 0 aliphatic rings. The number of carbonyl (C=O) groups excluding carboxylic acids is 1. The highest BCUT2D eigenvalue weighted by atomic mass is 16.1. The summed E-state index contributed by atoms with van der Waals surface area (Å²) in [6.07, 6.45) is 0.378. The van der Waals surface area contributed by atoms with Crippen LogP contribution >= 0.6 is 0 Å². The Labute approximate surface area is 140 Å². The molecule has 2 heterocycles. The number of rotatable bonds is 3. The van der Waals surface area contributed by atoms with Gasteiger partial charge in [-0.25, -0.2) is 4.98 Å². The number of benzene rings is 2. The molecule has 0 radical (unpaired) electrons. The molecular formula is C21H18N2O. The molecule has 3 heteroatoms. The van der Waals surface area contributed by atoms with E-state index in [9.17, 15) is 4.79 Å². The number of hydrogen-bond donors (Lipinski definition) is 0. The van der Waals surface area contributed by atoms with Crippen molar-refractivity contribution in [3.63, 3.8) is 0 Å². The first-order chi connectivity index (χ1) is 11.6. The first-order valence-corrected chi connectivity index (χ1v) is 8.07. The molecule has 0 saturated heterocycles. The lowest BCUT2D eigenvalue weighted by molar-refractivity contribution is 0.0988. The van der Waals surface area contributed by atoms with Crippen molar-refractivity contribution in [2.75, 3.05) is 0 Å². The zero-order valence-electron chi connectivity index (χ0n) is 13.8. The van der Waals surface area contributed by atoms with Crippen LogP contribution in [0.2, 0.25) is 0 Å². The van der Waals surface area contributed by atoms with Gasteiger partial charge in [0.2, 0.25) is 0 Å². The standard InChI is InChI=1S/C21H18N2O/c1-14-12-17(19(24)13-15-8-4-3-5-9-15)22-21-20(14)16-10-6-7-11-18(16)23(21)2/h3-12H,13H2,1-2H3. The van der Waals surface area contributed by atoms with E-state index in [1.165, 1.54) is 5.39 Å². The number of aromatic nitrogens is 2. The summed E-state index contributed by atoms with van der Waals surface area (Å²) in [4.78, 5) is 17.3. The summed E-state index contributed by atoms with van der Waals surface area (Å²) in [6, 6.07) is 20.0. The van der Waals surface area contributed by atoms with Crippen LogP contribution in [0.5, 0.6) is 0 Å². The van der Waals surface area contributed by atoms with Crippen molar-refractivity contribution in [1.29, 1.82) is 0 Å². The molecule has 2 aromatic carbocycles. The summed E-state index contributed by atoms with van der Waals surface area (Å²) in [5, 5.41) is 2.31. The van der Waals surface area contributed by atoms with Crippen LogP contribution in [0.3, 0.4) is 0 Å². The Bertz CT molecular complexity index is 1060. The molecule has 0 saturated carbocycles. The second-order valence-corrected chi connectivity index (χ2v) is 6.18. The fourth-order valence-electron chi connectivity index (χ4n) is 3.34. The van der Waals surface area contributed by atoms with Gasteiger partial charge in [0.15, 0.2) is 5.78 Å². The smallest absolute Gasteiger partial charge is 0.185 e. The molecule has 4 aromatic rings. The van der Waals surface area contributed by atoms with Crippen molar-refractivity contribution in [1.82, 2.24) is 9.55 Å². The predicted molar refractivity (Wildman–Crippen MR) is 97.4 cm³/mol. The van der Waals surface area contributed by atoms with Crippen LogP contribution in [-0.2, 0) is 13.5 Å². The highest BCUT2D eigenvalue weighted by Crippen LogP contribution is 2.29. The molecule has 0 amide bonds. The molecule has 0 bridgehead atoms. The second kappa shape index (κ2) is 5.60. The second-order valence-electron chi connectivity index (χ2n) is 6.18. The van der Waals surface area contributed by atoms with Gasteiger partial charge in [0.25, 0.3) is 0 Å². The number of pyridine rings is 1. The van der Waals surface area contributed by atoms with Gasteiger partial charge in [0.05, 0.1) is 5.52 Å². The van der Waals surface area contributed by atoms with Gasteiger partial charge in [0.1, 0.15) is 11.3 Å². The van der Waals surface area contributed by atoms with Crippen LogP contribution < -0.4 is 0 Å². The van der Waals surface area contributed by atoms with Gasteiger partial charge in [-0.05, 0) is 30.2 Å². The van der Waals surface area contributed by atoms with Crippen molar-refractivity contribution in [2.24, 2.45) is 7.05 Å². The Morgan fingerprint density at radius 2 is 1.75 bits per heavy atom. The normalized spacial score (nSPS) is 11.2. The molecule has 0 N–H and O–H groups in total. The number of hydrogen-bond acceptors (Lipinski definition) is 2. The van der Waals surface area contributed by atoms with Crippen LogP contribution in [0.1, 0.15) is 21.6 Å². The first kappa shape index (κ1) is 14.6. The predicted octanol–water partition coefficient (Wildman–Crippen LogP) is 4.46. The van der Waals surface area contributed by atoms with E-state index in [2.05, 4.69) is 28.6 Å². The van der Waals surface area contributed by atoms with Gasteiger partial charge >= 0.3 is 0 Å². The SMILES string of the molecule is Cc1cc(C(=O)Cc2ccccc2)nc2c1c1ccccc1n2C. The zero-order valence-corrected chi connectivity index (χ0v) is 13.8. The number of Topliss-reactive ketones (excluding diaryl/α,β-unsaturated/α-hetero) is 1. The Balaban J connectivity index is 1.84. The minimum Gasteiger partial charge on any atom is -0.328 e. The fourth-order valence-corrected chi connectivity index (χ4v) is 3.34. The maximum Gasteiger partial charge on any atom is 0.185 e. The molecule has 0 aliphatic heterocycles. The van der Waals surface area contributed by atoms with Crippen molar-refractivity contribution in [2.45, 2.75) is 13.3 Å². The van der Waals surface area contributed by atoms with Gasteiger partial charge in [-0.15, -0.1) is 0 Å². The molecule has 24 heavy (non-hydrogen) atoms. The minimum atomic E-state index is 0.0523. The molecule has 0 aliphatic carbocycles. The van der Waals surface area contributed by atoms with Gasteiger partial charge < -0.3 is 4.57 Å². The number of para-hydroxylation sites is 1. The van der Waals surface area contributed by atoms with Crippen LogP contribution in [0.15, 0.2) is 60.7 Å². The topological polar surface area (TPSA) is 34.9 Å². The quantitative estimate of drug-likeness (QED) is 0.523. The van der Waals surface area contributed by atoms with Gasteiger partial charge in [-0.3, -0.25) is 4.79 Å². The van der Waals surface area contributed by atoms with Crippen molar-refractivity contribution in [3.05, 3.63) is 77.5 Å². The molecular weight excluding hydrogens is 296 g/mol. The largest absolute Gasteiger partial charge is 0.328 e. The number of aryl methyl sites for hydroxylation is 2. The lowest BCUT2D eigenvalue weighted by Gasteiger charge is -2.05. The van der Waals surface area contributed by atoms with Crippen LogP contribution in [0.25, 0.3) is 21.9 Å². The highest BCUT2D eigenvalue weighted by molar-refractivity contribution is 6.09. The average Bonchev–Trinajstić information content (AvgIpc) is 2.89. The van der Waals surface area contributed by atoms with Crippen molar-refractivity contribution < 1.29 is 4.79 Å². The third kappa shape index (κ3) is 2.29. The molecule has 0 atom stereocenters. The van der Waals surface area contributed by atoms with E-state index in [0.717, 1.165) is 27.7 Å². The van der Waals surface area contributed by atoms with E-state index in [0.29, 0.717) is 12.1 Å². The van der Waals surface area contributed by atoms with Gasteiger partial charge in [-0.1, -0.05) is 48.5 Å². The number of nitrogens with zero attached hydrogens (tertiary/aromatic N) is 2. The van der Waals surface area contributed by atoms with E-state index in [1.807, 2.05) is 55.6 Å². The molecule has 2 aromatic heterocycles. The summed E-state index contributed by atoms with van der Waals surface area (Å²) >= 11 is 0. The summed E-state index contributed by atoms with van der Waals surface area (Å²) in [5.41, 5.74) is 4.64. The summed E-state index contributed by atoms with van der Waals surface area (Å²) in [5.74, 6) is 0.0523. The number of fused-ring (bicyclic) bond motifs is 3. The summed E-state index contributed by atoms with van der Waals surface area (Å²) in [7, 11) is 2.00. The maximum absolute atomic E-state index is 12.7. The zero-order chi connectivity index (χ0) is 16.7. The fraction of sp³-hybridized carbons (Fsp3) is 0.143. The Kier molecular flexibility index (Phi) is 3.42. The van der Waals surface area contributed by atoms with Crippen molar-refractivity contribution >= 4 is 27.7 Å². The van der Waals surface area contributed by atoms with E-state index in [-0.39, 0.29) is 5.78 Å². The highest BCUT2D eigenvalue weighted by Gasteiger charge is 2.16. The van der Waals surface area contributed by atoms with Crippen LogP contribution in [0, 0.1) is 6.92 Å². The Morgan fingerprint density at radius 1 is 1.04 bits per heavy atom. The number of ketones is 1. The van der Waals surface area contributed by atoms with Gasteiger partial charge in [0, 0.05) is 24.2 Å². The number of carbonyl (C=O) groups is 1. The first-order valence-electron chi connectivity index (χ1n) is 8.07. The van der Waals surface area contributed by atoms with Crippen molar-refractivity contribution in [3.8, 4) is 0 Å². The van der Waals surface area contributed by atoms with E-state index in [1.54, 1.807) is 0 Å². The molecule has 3 nitrogen and oxygen atoms in total. The van der Waals surface area contributed by atoms with Crippen LogP contribution in [0.4, 0.5) is 0 Å². The third-order valence-corrected chi connectivity index (χ3v) is 4.54. The lowest BCUT2D eigenvalue weighted by Crippen LogP contribution is -2.07.